The molecule has 0 bridgehead atoms. The van der Waals surface area contributed by atoms with Gasteiger partial charge in [0.25, 0.3) is 5.56 Å². The van der Waals surface area contributed by atoms with Crippen molar-refractivity contribution in [1.29, 1.82) is 5.26 Å². The van der Waals surface area contributed by atoms with Gasteiger partial charge < -0.3 is 12.4 Å². The minimum atomic E-state index is -0.273. The maximum Gasteiger partial charge on any atom is 0.271 e. The Morgan fingerprint density at radius 2 is 2.25 bits per heavy atom. The van der Waals surface area contributed by atoms with Crippen molar-refractivity contribution >= 4 is 17.3 Å². The van der Waals surface area contributed by atoms with Gasteiger partial charge in [-0.3, -0.25) is 9.36 Å². The van der Waals surface area contributed by atoms with Gasteiger partial charge in [-0.15, -0.1) is 0 Å². The molecule has 1 aromatic heterocycles. The molecule has 108 valence electrons. The Hall–Kier alpha value is -1.35. The molecule has 0 saturated carbocycles. The molecule has 5 nitrogen and oxygen atoms in total. The van der Waals surface area contributed by atoms with Crippen LogP contribution in [-0.2, 0) is 0 Å². The molecule has 0 radical (unpaired) electrons. The molecular weight excluding hydrogens is 299 g/mol. The molecule has 7 heteroatoms. The Morgan fingerprint density at radius 3 is 2.80 bits per heavy atom. The van der Waals surface area contributed by atoms with Crippen LogP contribution in [0.25, 0.3) is 5.57 Å². The van der Waals surface area contributed by atoms with E-state index in [4.69, 9.17) is 17.0 Å². The van der Waals surface area contributed by atoms with Crippen molar-refractivity contribution in [1.82, 2.24) is 9.55 Å². The van der Waals surface area contributed by atoms with Crippen LogP contribution in [0.1, 0.15) is 37.2 Å². The third kappa shape index (κ3) is 3.21. The molecule has 2 rings (SSSR count). The number of nitriles is 1. The summed E-state index contributed by atoms with van der Waals surface area (Å²) >= 11 is 6.16. The summed E-state index contributed by atoms with van der Waals surface area (Å²) in [5, 5.41) is 8.92. The Kier molecular flexibility index (Phi) is 4.98. The number of nitrogens with zero attached hydrogens (tertiary/aromatic N) is 4. The number of aromatic nitrogens is 2. The monoisotopic (exact) mass is 314 g/mol. The third-order valence-corrected chi connectivity index (χ3v) is 3.23. The fourth-order valence-electron chi connectivity index (χ4n) is 2.29. The van der Waals surface area contributed by atoms with Crippen molar-refractivity contribution in [2.24, 2.45) is 0 Å². The van der Waals surface area contributed by atoms with Gasteiger partial charge in [0.1, 0.15) is 23.7 Å². The predicted molar refractivity (Wildman–Crippen MR) is 73.1 cm³/mol. The van der Waals surface area contributed by atoms with Crippen LogP contribution in [0.4, 0.5) is 0 Å². The highest BCUT2D eigenvalue weighted by Gasteiger charge is 2.26. The highest BCUT2D eigenvalue weighted by Crippen LogP contribution is 2.31. The lowest BCUT2D eigenvalue weighted by atomic mass is 10.0. The second kappa shape index (κ2) is 5.96. The maximum atomic E-state index is 12.2. The lowest BCUT2D eigenvalue weighted by Gasteiger charge is -2.26. The molecule has 0 aromatic carbocycles. The van der Waals surface area contributed by atoms with Gasteiger partial charge in [-0.05, 0) is 19.8 Å². The molecule has 0 amide bonds. The van der Waals surface area contributed by atoms with Gasteiger partial charge in [0, 0.05) is 11.6 Å². The zero-order valence-electron chi connectivity index (χ0n) is 11.6. The second-order valence-electron chi connectivity index (χ2n) is 5.22. The standard InChI is InChI=1S/C13H16ClN4O.ClH/c1-9-4-5-10(8-18(2,3)14)12-16-7-11(6-15)13(19)17(9)12;/h7-9H,4-5H2,1-3H3;1H/q+1;/p-1. The molecule has 1 aliphatic rings. The first-order valence-corrected chi connectivity index (χ1v) is 6.44. The van der Waals surface area contributed by atoms with Gasteiger partial charge >= 0.3 is 0 Å². The van der Waals surface area contributed by atoms with Crippen LogP contribution >= 0.6 is 11.8 Å². The van der Waals surface area contributed by atoms with E-state index in [2.05, 4.69) is 4.98 Å². The van der Waals surface area contributed by atoms with Crippen molar-refractivity contribution in [2.45, 2.75) is 25.8 Å². The van der Waals surface area contributed by atoms with E-state index in [0.717, 1.165) is 18.4 Å². The number of rotatable bonds is 1. The van der Waals surface area contributed by atoms with Crippen LogP contribution in [0, 0.1) is 11.3 Å². The lowest BCUT2D eigenvalue weighted by molar-refractivity contribution is -0.712. The van der Waals surface area contributed by atoms with Crippen molar-refractivity contribution < 1.29 is 16.4 Å². The molecule has 1 unspecified atom stereocenters. The van der Waals surface area contributed by atoms with E-state index in [1.165, 1.54) is 6.20 Å². The molecule has 0 N–H and O–H groups in total. The van der Waals surface area contributed by atoms with Crippen molar-refractivity contribution in [3.63, 3.8) is 0 Å². The Morgan fingerprint density at radius 1 is 1.60 bits per heavy atom. The number of halogens is 2. The van der Waals surface area contributed by atoms with Gasteiger partial charge in [0.15, 0.2) is 11.8 Å². The van der Waals surface area contributed by atoms with Crippen LogP contribution in [0.2, 0.25) is 0 Å². The average Bonchev–Trinajstić information content (AvgIpc) is 2.31. The zero-order chi connectivity index (χ0) is 14.2. The first-order valence-electron chi connectivity index (χ1n) is 6.10. The minimum absolute atomic E-state index is 0. The van der Waals surface area contributed by atoms with Gasteiger partial charge in [-0.1, -0.05) is 0 Å². The van der Waals surface area contributed by atoms with Gasteiger partial charge in [-0.2, -0.15) is 5.26 Å². The van der Waals surface area contributed by atoms with E-state index < -0.39 is 0 Å². The molecule has 1 aromatic rings. The van der Waals surface area contributed by atoms with E-state index in [1.54, 1.807) is 4.57 Å². The average molecular weight is 315 g/mol. The molecule has 20 heavy (non-hydrogen) atoms. The molecule has 0 saturated heterocycles. The molecule has 0 spiro atoms. The van der Waals surface area contributed by atoms with Crippen LogP contribution < -0.4 is 18.0 Å². The van der Waals surface area contributed by atoms with Gasteiger partial charge in [-0.25, -0.2) is 8.99 Å². The van der Waals surface area contributed by atoms with Crippen molar-refractivity contribution in [3.05, 3.63) is 34.1 Å². The van der Waals surface area contributed by atoms with Gasteiger partial charge in [0.2, 0.25) is 0 Å². The first kappa shape index (κ1) is 16.7. The first-order chi connectivity index (χ1) is 8.83. The largest absolute Gasteiger partial charge is 1.00 e. The highest BCUT2D eigenvalue weighted by atomic mass is 35.5. The molecule has 0 aliphatic carbocycles. The van der Waals surface area contributed by atoms with Crippen molar-refractivity contribution in [3.8, 4) is 6.07 Å². The Labute approximate surface area is 129 Å². The van der Waals surface area contributed by atoms with E-state index >= 15 is 0 Å². The molecule has 2 heterocycles. The topological polar surface area (TPSA) is 58.7 Å². The Balaban J connectivity index is 0.00000200. The van der Waals surface area contributed by atoms with E-state index in [9.17, 15) is 4.79 Å². The Bertz CT molecular complexity index is 637. The molecule has 0 fully saturated rings. The van der Waals surface area contributed by atoms with Crippen LogP contribution in [0.15, 0.2) is 17.2 Å². The summed E-state index contributed by atoms with van der Waals surface area (Å²) in [5.41, 5.74) is 0.752. The lowest BCUT2D eigenvalue weighted by Crippen LogP contribution is -3.00. The fourth-order valence-corrected chi connectivity index (χ4v) is 2.41. The highest BCUT2D eigenvalue weighted by molar-refractivity contribution is 6.07. The summed E-state index contributed by atoms with van der Waals surface area (Å²) in [6.45, 7) is 1.96. The predicted octanol–water partition coefficient (Wildman–Crippen LogP) is -0.955. The summed E-state index contributed by atoms with van der Waals surface area (Å²) in [6.07, 6.45) is 4.88. The third-order valence-electron chi connectivity index (χ3n) is 3.14. The summed E-state index contributed by atoms with van der Waals surface area (Å²) in [5.74, 6) is 0.620. The zero-order valence-corrected chi connectivity index (χ0v) is 13.1. The molecule has 1 aliphatic heterocycles. The van der Waals surface area contributed by atoms with E-state index in [0.29, 0.717) is 5.82 Å². The van der Waals surface area contributed by atoms with E-state index in [-0.39, 0.29) is 33.6 Å². The number of quaternary nitrogens is 1. The fraction of sp³-hybridized carbons (Fsp3) is 0.462. The summed E-state index contributed by atoms with van der Waals surface area (Å²) < 4.78 is 1.75. The normalized spacial score (nSPS) is 19.9. The van der Waals surface area contributed by atoms with Crippen molar-refractivity contribution in [2.75, 3.05) is 14.1 Å². The summed E-state index contributed by atoms with van der Waals surface area (Å²) in [7, 11) is 3.66. The quantitative estimate of drug-likeness (QED) is 0.628. The van der Waals surface area contributed by atoms with Crippen LogP contribution in [-0.4, -0.2) is 27.6 Å². The van der Waals surface area contributed by atoms with Gasteiger partial charge in [0.05, 0.1) is 20.3 Å². The van der Waals surface area contributed by atoms with E-state index in [1.807, 2.05) is 33.3 Å². The maximum absolute atomic E-state index is 12.2. The SMILES string of the molecule is CC1CCC(=C[N+](C)(C)Cl)c2ncc(C#N)c(=O)n21.[Cl-]. The minimum Gasteiger partial charge on any atom is -1.00 e. The smallest absolute Gasteiger partial charge is 0.271 e. The number of fused-ring (bicyclic) bond motifs is 1. The molecular formula is C13H16Cl2N4O. The number of allylic oxidation sites excluding steroid dienone is 1. The second-order valence-corrected chi connectivity index (χ2v) is 6.10. The summed E-state index contributed by atoms with van der Waals surface area (Å²) in [6, 6.07) is 1.93. The number of hydrogen-bond donors (Lipinski definition) is 0. The molecule has 1 atom stereocenters. The van der Waals surface area contributed by atoms with Crippen LogP contribution in [0.3, 0.4) is 0 Å². The van der Waals surface area contributed by atoms with Crippen LogP contribution in [0.5, 0.6) is 0 Å². The number of hydrogen-bond acceptors (Lipinski definition) is 3. The summed E-state index contributed by atoms with van der Waals surface area (Å²) in [4.78, 5) is 16.5.